The molecule has 1 aromatic rings. The van der Waals surface area contributed by atoms with Crippen LogP contribution in [0.15, 0.2) is 24.3 Å². The molecule has 1 aliphatic rings. The Morgan fingerprint density at radius 2 is 2.40 bits per heavy atom. The molecule has 0 radical (unpaired) electrons. The molecule has 0 spiro atoms. The number of rotatable bonds is 1. The van der Waals surface area contributed by atoms with Crippen LogP contribution in [0, 0.1) is 0 Å². The second kappa shape index (κ2) is 2.01. The molecule has 1 aromatic carbocycles. The lowest BCUT2D eigenvalue weighted by atomic mass is 10.1. The van der Waals surface area contributed by atoms with Gasteiger partial charge in [-0.05, 0) is 36.3 Å². The molecule has 2 N–H and O–H groups in total. The second-order valence-corrected chi connectivity index (χ2v) is 2.25. The molecule has 1 nitrogen and oxygen atoms in total. The van der Waals surface area contributed by atoms with E-state index in [1.807, 2.05) is 0 Å². The van der Waals surface area contributed by atoms with Gasteiger partial charge in [0.2, 0.25) is 0 Å². The summed E-state index contributed by atoms with van der Waals surface area (Å²) >= 11 is 0. The minimum atomic E-state index is -2.16. The van der Waals surface area contributed by atoms with E-state index >= 15 is 0 Å². The van der Waals surface area contributed by atoms with Gasteiger partial charge in [-0.2, -0.15) is 0 Å². The highest BCUT2D eigenvalue weighted by Gasteiger charge is 2.22. The van der Waals surface area contributed by atoms with E-state index in [4.69, 9.17) is 12.6 Å². The van der Waals surface area contributed by atoms with Gasteiger partial charge in [0.25, 0.3) is 0 Å². The Morgan fingerprint density at radius 3 is 3.00 bits per heavy atom. The molecule has 0 unspecified atom stereocenters. The fourth-order valence-corrected chi connectivity index (χ4v) is 0.870. The second-order valence-electron chi connectivity index (χ2n) is 2.25. The lowest BCUT2D eigenvalue weighted by Gasteiger charge is -1.97. The summed E-state index contributed by atoms with van der Waals surface area (Å²) in [7, 11) is 0. The van der Waals surface area contributed by atoms with Gasteiger partial charge in [-0.25, -0.2) is 0 Å². The number of benzene rings is 1. The van der Waals surface area contributed by atoms with Gasteiger partial charge in [0.1, 0.15) is 0 Å². The van der Waals surface area contributed by atoms with Crippen molar-refractivity contribution in [3.05, 3.63) is 29.8 Å². The Kier molecular flexibility index (Phi) is 0.517. The van der Waals surface area contributed by atoms with E-state index in [2.05, 4.69) is 0 Å². The van der Waals surface area contributed by atoms with E-state index in [1.165, 1.54) is 12.1 Å². The van der Waals surface area contributed by atoms with Gasteiger partial charge in [0.15, 0.2) is 0 Å². The number of hydrogen-bond donors (Lipinski definition) is 1. The Bertz CT molecular complexity index is 401. The lowest BCUT2D eigenvalue weighted by Crippen LogP contribution is -1.85. The molecule has 1 fully saturated rings. The summed E-state index contributed by atoms with van der Waals surface area (Å²) in [6, 6.07) is 6.22. The molecule has 0 bridgehead atoms. The lowest BCUT2D eigenvalue weighted by molar-refractivity contribution is 1.13. The molecule has 0 saturated heterocycles. The number of hydrogen-bond acceptors (Lipinski definition) is 1. The molecular formula is C9H11N. The zero-order chi connectivity index (χ0) is 11.5. The summed E-state index contributed by atoms with van der Waals surface area (Å²) < 4.78 is 37.8. The van der Waals surface area contributed by atoms with E-state index in [9.17, 15) is 0 Å². The van der Waals surface area contributed by atoms with E-state index < -0.39 is 18.6 Å². The van der Waals surface area contributed by atoms with Crippen LogP contribution < -0.4 is 5.73 Å². The van der Waals surface area contributed by atoms with Crippen LogP contribution in [-0.2, 0) is 0 Å². The fourth-order valence-electron chi connectivity index (χ4n) is 0.870. The van der Waals surface area contributed by atoms with Crippen molar-refractivity contribution >= 4 is 5.69 Å². The first-order valence-corrected chi connectivity index (χ1v) is 3.11. The number of anilines is 1. The maximum Gasteiger partial charge on any atom is 0.0352 e. The largest absolute Gasteiger partial charge is 0.399 e. The van der Waals surface area contributed by atoms with E-state index in [-0.39, 0.29) is 5.56 Å². The molecular weight excluding hydrogens is 122 g/mol. The Balaban J connectivity index is 2.51. The first-order valence-electron chi connectivity index (χ1n) is 5.61. The maximum atomic E-state index is 7.88. The monoisotopic (exact) mass is 138 g/mol. The van der Waals surface area contributed by atoms with Crippen molar-refractivity contribution in [2.45, 2.75) is 18.6 Å². The molecule has 0 amide bonds. The molecule has 1 saturated carbocycles. The quantitative estimate of drug-likeness (QED) is 0.591. The average molecular weight is 138 g/mol. The molecule has 0 atom stereocenters. The van der Waals surface area contributed by atoms with Crippen molar-refractivity contribution in [2.75, 3.05) is 5.73 Å². The Hall–Kier alpha value is -0.980. The predicted octanol–water partition coefficient (Wildman–Crippen LogP) is 2.15. The average Bonchev–Trinajstić information content (AvgIpc) is 2.45. The van der Waals surface area contributed by atoms with Crippen molar-refractivity contribution in [3.8, 4) is 0 Å². The first-order chi connectivity index (χ1) is 6.75. The smallest absolute Gasteiger partial charge is 0.0352 e. The van der Waals surface area contributed by atoms with Crippen LogP contribution in [0.4, 0.5) is 5.69 Å². The minimum Gasteiger partial charge on any atom is -0.399 e. The summed E-state index contributed by atoms with van der Waals surface area (Å²) in [6.07, 6.45) is -4.32. The highest BCUT2D eigenvalue weighted by atomic mass is 14.5. The molecule has 0 aliphatic heterocycles. The van der Waals surface area contributed by atoms with Crippen LogP contribution in [-0.4, -0.2) is 0 Å². The van der Waals surface area contributed by atoms with Crippen LogP contribution in [0.1, 0.15) is 31.1 Å². The van der Waals surface area contributed by atoms with Crippen molar-refractivity contribution in [1.82, 2.24) is 0 Å². The van der Waals surface area contributed by atoms with Gasteiger partial charge in [-0.15, -0.1) is 0 Å². The third kappa shape index (κ3) is 0.991. The zero-order valence-corrected chi connectivity index (χ0v) is 5.39. The SMILES string of the molecule is [2H]C1([2H])C([2H])([2H])C1([2H])c1cccc(N)c1. The van der Waals surface area contributed by atoms with Gasteiger partial charge in [-0.3, -0.25) is 0 Å². The zero-order valence-electron chi connectivity index (χ0n) is 10.4. The third-order valence-corrected chi connectivity index (χ3v) is 1.43. The Labute approximate surface area is 67.9 Å². The minimum absolute atomic E-state index is 0.289. The van der Waals surface area contributed by atoms with Crippen molar-refractivity contribution in [2.24, 2.45) is 0 Å². The van der Waals surface area contributed by atoms with Gasteiger partial charge in [0.05, 0.1) is 0 Å². The molecule has 0 aromatic heterocycles. The van der Waals surface area contributed by atoms with Crippen molar-refractivity contribution in [3.63, 3.8) is 0 Å². The number of nitrogens with two attached hydrogens (primary N) is 1. The maximum absolute atomic E-state index is 7.88. The first kappa shape index (κ1) is 2.57. The van der Waals surface area contributed by atoms with Crippen LogP contribution in [0.25, 0.3) is 0 Å². The normalized spacial score (nSPS) is 37.8. The predicted molar refractivity (Wildman–Crippen MR) is 42.8 cm³/mol. The third-order valence-electron chi connectivity index (χ3n) is 1.43. The molecule has 0 heterocycles. The van der Waals surface area contributed by atoms with Crippen LogP contribution >= 0.6 is 0 Å². The highest BCUT2D eigenvalue weighted by Crippen LogP contribution is 2.40. The Morgan fingerprint density at radius 1 is 1.60 bits per heavy atom. The molecule has 52 valence electrons. The summed E-state index contributed by atoms with van der Waals surface area (Å²) in [5.41, 5.74) is 6.24. The highest BCUT2D eigenvalue weighted by molar-refractivity contribution is 5.42. The van der Waals surface area contributed by atoms with Crippen LogP contribution in [0.5, 0.6) is 0 Å². The van der Waals surface area contributed by atoms with Gasteiger partial charge in [0, 0.05) is 12.5 Å². The summed E-state index contributed by atoms with van der Waals surface area (Å²) in [5.74, 6) is -1.84. The topological polar surface area (TPSA) is 26.0 Å². The molecule has 10 heavy (non-hydrogen) atoms. The van der Waals surface area contributed by atoms with Crippen LogP contribution in [0.2, 0.25) is 0 Å². The van der Waals surface area contributed by atoms with E-state index in [0.29, 0.717) is 5.69 Å². The van der Waals surface area contributed by atoms with E-state index in [0.717, 1.165) is 0 Å². The summed E-state index contributed by atoms with van der Waals surface area (Å²) in [4.78, 5) is 0. The summed E-state index contributed by atoms with van der Waals surface area (Å²) in [5, 5.41) is 0. The van der Waals surface area contributed by atoms with Gasteiger partial charge < -0.3 is 5.73 Å². The van der Waals surface area contributed by atoms with Gasteiger partial charge in [-0.1, -0.05) is 12.1 Å². The standard InChI is InChI=1S/C9H11N/c10-9-3-1-2-8(6-9)7-4-5-7/h1-3,6-7H,4-5,10H2/i4D2,5D2,7D. The fraction of sp³-hybridized carbons (Fsp3) is 0.333. The van der Waals surface area contributed by atoms with Gasteiger partial charge >= 0.3 is 0 Å². The van der Waals surface area contributed by atoms with Crippen molar-refractivity contribution < 1.29 is 6.85 Å². The number of nitrogen functional groups attached to an aromatic ring is 1. The van der Waals surface area contributed by atoms with Crippen molar-refractivity contribution in [1.29, 1.82) is 0 Å². The molecule has 1 heteroatoms. The molecule has 2 rings (SSSR count). The molecule has 1 aliphatic carbocycles. The van der Waals surface area contributed by atoms with E-state index in [1.54, 1.807) is 12.1 Å². The summed E-state index contributed by atoms with van der Waals surface area (Å²) in [6.45, 7) is 0. The van der Waals surface area contributed by atoms with Crippen LogP contribution in [0.3, 0.4) is 0 Å².